The van der Waals surface area contributed by atoms with Gasteiger partial charge in [0.05, 0.1) is 6.54 Å². The van der Waals surface area contributed by atoms with Crippen molar-refractivity contribution >= 4 is 28.1 Å². The minimum absolute atomic E-state index is 0.0168. The van der Waals surface area contributed by atoms with Gasteiger partial charge in [-0.05, 0) is 46.9 Å². The molecule has 2 aromatic rings. The predicted octanol–water partition coefficient (Wildman–Crippen LogP) is 5.98. The summed E-state index contributed by atoms with van der Waals surface area (Å²) >= 11 is 0. The number of ketones is 1. The molecule has 0 spiro atoms. The van der Waals surface area contributed by atoms with Gasteiger partial charge >= 0.3 is 0 Å². The number of thiol groups is 1. The highest BCUT2D eigenvalue weighted by Gasteiger charge is 2.44. The van der Waals surface area contributed by atoms with Gasteiger partial charge in [-0.15, -0.1) is 0 Å². The summed E-state index contributed by atoms with van der Waals surface area (Å²) in [7, 11) is -0.521. The van der Waals surface area contributed by atoms with E-state index in [9.17, 15) is 4.79 Å². The molecule has 2 aromatic carbocycles. The van der Waals surface area contributed by atoms with Crippen LogP contribution in [-0.4, -0.2) is 17.8 Å². The number of hydrogen-bond donors (Lipinski definition) is 1. The molecule has 0 fully saturated rings. The van der Waals surface area contributed by atoms with E-state index in [0.29, 0.717) is 18.7 Å². The molecule has 4 heteroatoms. The summed E-state index contributed by atoms with van der Waals surface area (Å²) in [6.07, 6.45) is 5.88. The number of carbonyl (C=O) groups is 1. The van der Waals surface area contributed by atoms with Crippen LogP contribution >= 0.6 is 10.9 Å². The van der Waals surface area contributed by atoms with E-state index in [1.54, 1.807) is 0 Å². The molecule has 1 unspecified atom stereocenters. The molecule has 3 nitrogen and oxygen atoms in total. The maximum absolute atomic E-state index is 13.3. The summed E-state index contributed by atoms with van der Waals surface area (Å²) in [5, 5.41) is 4.68. The smallest absolute Gasteiger partial charge is 0.162 e. The fourth-order valence-electron chi connectivity index (χ4n) is 4.78. The number of para-hydroxylation sites is 2. The second-order valence-corrected chi connectivity index (χ2v) is 11.0. The zero-order valence-corrected chi connectivity index (χ0v) is 18.4. The zero-order chi connectivity index (χ0) is 20.7. The lowest BCUT2D eigenvalue weighted by Crippen LogP contribution is -2.55. The van der Waals surface area contributed by atoms with Crippen LogP contribution in [0.4, 0.5) is 11.4 Å². The molecule has 0 N–H and O–H groups in total. The summed E-state index contributed by atoms with van der Waals surface area (Å²) in [5.41, 5.74) is 4.68. The first kappa shape index (κ1) is 19.3. The lowest BCUT2D eigenvalue weighted by Gasteiger charge is -2.53. The molecular weight excluding hydrogens is 388 g/mol. The molecule has 0 amide bonds. The number of allylic oxidation sites excluding steroid dienone is 3. The Labute approximate surface area is 181 Å². The number of anilines is 2. The molecule has 2 aliphatic heterocycles. The fourth-order valence-corrected chi connectivity index (χ4v) is 6.86. The molecule has 30 heavy (non-hydrogen) atoms. The standard InChI is InChI=1S/C26H28N2OS/c1-26(2)17-23-22(24(29)18-26)19-27(20-11-5-3-6-12-20)25(30-15-9-10-16-30)28(23)21-13-7-4-8-14-21/h3-16,25,30H,17-19H2,1-2H3. The molecule has 5 rings (SSSR count). The Hall–Kier alpha value is -2.72. The summed E-state index contributed by atoms with van der Waals surface area (Å²) in [6, 6.07) is 21.2. The second-order valence-electron chi connectivity index (χ2n) is 9.01. The van der Waals surface area contributed by atoms with Gasteiger partial charge in [-0.3, -0.25) is 4.79 Å². The van der Waals surface area contributed by atoms with Crippen molar-refractivity contribution in [2.24, 2.45) is 5.41 Å². The first-order valence-electron chi connectivity index (χ1n) is 10.6. The number of nitrogens with zero attached hydrogens (tertiary/aromatic N) is 2. The second kappa shape index (κ2) is 7.51. The van der Waals surface area contributed by atoms with Gasteiger partial charge in [0.1, 0.15) is 5.50 Å². The van der Waals surface area contributed by atoms with E-state index in [1.807, 2.05) is 0 Å². The van der Waals surface area contributed by atoms with E-state index in [1.165, 1.54) is 11.4 Å². The van der Waals surface area contributed by atoms with E-state index in [0.717, 1.165) is 17.7 Å². The fraction of sp³-hybridized carbons (Fsp3) is 0.269. The number of hydrogen-bond acceptors (Lipinski definition) is 3. The largest absolute Gasteiger partial charge is 0.339 e. The lowest BCUT2D eigenvalue weighted by atomic mass is 9.74. The average molecular weight is 417 g/mol. The Bertz CT molecular complexity index is 1030. The molecule has 154 valence electrons. The van der Waals surface area contributed by atoms with Crippen molar-refractivity contribution in [3.63, 3.8) is 0 Å². The zero-order valence-electron chi connectivity index (χ0n) is 17.5. The van der Waals surface area contributed by atoms with Crippen molar-refractivity contribution in [3.8, 4) is 0 Å². The molecule has 2 heterocycles. The van der Waals surface area contributed by atoms with Crippen LogP contribution in [0.1, 0.15) is 26.7 Å². The van der Waals surface area contributed by atoms with Crippen molar-refractivity contribution in [2.45, 2.75) is 32.2 Å². The van der Waals surface area contributed by atoms with Gasteiger partial charge in [-0.25, -0.2) is 0 Å². The monoisotopic (exact) mass is 416 g/mol. The minimum Gasteiger partial charge on any atom is -0.339 e. The Morgan fingerprint density at radius 3 is 2.10 bits per heavy atom. The summed E-state index contributed by atoms with van der Waals surface area (Å²) in [6.45, 7) is 5.12. The molecule has 1 aliphatic carbocycles. The first-order chi connectivity index (χ1) is 14.5. The molecule has 0 saturated carbocycles. The third-order valence-electron chi connectivity index (χ3n) is 6.12. The Morgan fingerprint density at radius 1 is 0.867 bits per heavy atom. The van der Waals surface area contributed by atoms with Crippen LogP contribution in [0.5, 0.6) is 0 Å². The summed E-state index contributed by atoms with van der Waals surface area (Å²) in [5.74, 6) is 0.298. The highest BCUT2D eigenvalue weighted by molar-refractivity contribution is 8.23. The van der Waals surface area contributed by atoms with E-state index in [4.69, 9.17) is 0 Å². The van der Waals surface area contributed by atoms with E-state index < -0.39 is 10.9 Å². The number of carbonyl (C=O) groups excluding carboxylic acids is 1. The summed E-state index contributed by atoms with van der Waals surface area (Å²) in [4.78, 5) is 18.2. The van der Waals surface area contributed by atoms with Gasteiger partial charge in [0, 0.05) is 29.1 Å². The topological polar surface area (TPSA) is 23.6 Å². The van der Waals surface area contributed by atoms with Gasteiger partial charge in [0.25, 0.3) is 0 Å². The maximum Gasteiger partial charge on any atom is 0.162 e. The number of Topliss-reactive ketones (excluding diaryl/α,β-unsaturated/α-hetero) is 1. The third-order valence-corrected chi connectivity index (χ3v) is 8.19. The van der Waals surface area contributed by atoms with Crippen LogP contribution < -0.4 is 9.80 Å². The third kappa shape index (κ3) is 3.39. The molecular formula is C26H28N2OS. The maximum atomic E-state index is 13.3. The molecule has 3 aliphatic rings. The molecule has 0 aromatic heterocycles. The van der Waals surface area contributed by atoms with E-state index >= 15 is 0 Å². The number of benzene rings is 2. The Morgan fingerprint density at radius 2 is 1.47 bits per heavy atom. The molecule has 0 radical (unpaired) electrons. The van der Waals surface area contributed by atoms with Crippen LogP contribution in [0, 0.1) is 5.41 Å². The van der Waals surface area contributed by atoms with Crippen LogP contribution in [0.3, 0.4) is 0 Å². The first-order valence-corrected chi connectivity index (χ1v) is 12.1. The average Bonchev–Trinajstić information content (AvgIpc) is 3.28. The molecule has 1 atom stereocenters. The van der Waals surface area contributed by atoms with Crippen molar-refractivity contribution in [3.05, 3.63) is 94.9 Å². The normalized spacial score (nSPS) is 23.9. The quantitative estimate of drug-likeness (QED) is 0.623. The van der Waals surface area contributed by atoms with E-state index in [2.05, 4.69) is 107 Å². The minimum atomic E-state index is -0.521. The lowest BCUT2D eigenvalue weighted by molar-refractivity contribution is -0.118. The van der Waals surface area contributed by atoms with Gasteiger partial charge in [0.2, 0.25) is 0 Å². The number of rotatable bonds is 3. The van der Waals surface area contributed by atoms with Gasteiger partial charge in [-0.2, -0.15) is 10.9 Å². The molecule has 0 bridgehead atoms. The van der Waals surface area contributed by atoms with Crippen LogP contribution in [-0.2, 0) is 4.79 Å². The van der Waals surface area contributed by atoms with Crippen molar-refractivity contribution < 1.29 is 4.79 Å². The summed E-state index contributed by atoms with van der Waals surface area (Å²) < 4.78 is 0. The van der Waals surface area contributed by atoms with Crippen molar-refractivity contribution in [2.75, 3.05) is 16.3 Å². The SMILES string of the molecule is CC1(C)CC(=O)C2=C(C1)N(c1ccccc1)C([SH]1C=CC=C1)N(c1ccccc1)C2. The van der Waals surface area contributed by atoms with Crippen molar-refractivity contribution in [1.82, 2.24) is 0 Å². The highest BCUT2D eigenvalue weighted by Crippen LogP contribution is 2.51. The van der Waals surface area contributed by atoms with Gasteiger partial charge in [0.15, 0.2) is 5.78 Å². The van der Waals surface area contributed by atoms with Crippen molar-refractivity contribution in [1.29, 1.82) is 0 Å². The Balaban J connectivity index is 1.72. The van der Waals surface area contributed by atoms with E-state index in [-0.39, 0.29) is 10.9 Å². The van der Waals surface area contributed by atoms with Gasteiger partial charge < -0.3 is 9.80 Å². The van der Waals surface area contributed by atoms with Crippen LogP contribution in [0.25, 0.3) is 0 Å². The highest BCUT2D eigenvalue weighted by atomic mass is 32.2. The van der Waals surface area contributed by atoms with Crippen LogP contribution in [0.2, 0.25) is 0 Å². The molecule has 0 saturated heterocycles. The van der Waals surface area contributed by atoms with Gasteiger partial charge in [-0.1, -0.05) is 62.4 Å². The van der Waals surface area contributed by atoms with Crippen LogP contribution in [0.15, 0.2) is 94.9 Å². The Kier molecular flexibility index (Phi) is 4.82. The predicted molar refractivity (Wildman–Crippen MR) is 129 cm³/mol.